The van der Waals surface area contributed by atoms with Crippen LogP contribution in [0.15, 0.2) is 35.5 Å². The minimum Gasteiger partial charge on any atom is -0.361 e. The van der Waals surface area contributed by atoms with Gasteiger partial charge in [0.25, 0.3) is 0 Å². The number of benzene rings is 1. The van der Waals surface area contributed by atoms with Crippen LogP contribution in [0, 0.1) is 5.41 Å². The zero-order valence-electron chi connectivity index (χ0n) is 15.6. The van der Waals surface area contributed by atoms with Gasteiger partial charge < -0.3 is 15.2 Å². The second-order valence-corrected chi connectivity index (χ2v) is 7.97. The summed E-state index contributed by atoms with van der Waals surface area (Å²) in [5, 5.41) is 4.88. The molecule has 1 aromatic heterocycles. The normalized spacial score (nSPS) is 19.4. The summed E-state index contributed by atoms with van der Waals surface area (Å²) >= 11 is 0. The van der Waals surface area contributed by atoms with E-state index in [2.05, 4.69) is 78.4 Å². The molecule has 0 bridgehead atoms. The molecular formula is C20H30N4. The highest BCUT2D eigenvalue weighted by Crippen LogP contribution is 2.46. The van der Waals surface area contributed by atoms with Crippen molar-refractivity contribution < 1.29 is 0 Å². The highest BCUT2D eigenvalue weighted by molar-refractivity contribution is 5.83. The summed E-state index contributed by atoms with van der Waals surface area (Å²) in [6, 6.07) is 8.50. The third-order valence-corrected chi connectivity index (χ3v) is 5.93. The monoisotopic (exact) mass is 326 g/mol. The number of nitrogens with zero attached hydrogens (tertiary/aromatic N) is 2. The molecule has 4 heteroatoms. The second kappa shape index (κ2) is 6.15. The maximum atomic E-state index is 4.48. The van der Waals surface area contributed by atoms with Crippen molar-refractivity contribution in [2.24, 2.45) is 10.4 Å². The predicted octanol–water partition coefficient (Wildman–Crippen LogP) is 3.80. The average molecular weight is 326 g/mol. The molecule has 24 heavy (non-hydrogen) atoms. The van der Waals surface area contributed by atoms with Gasteiger partial charge in [-0.05, 0) is 38.3 Å². The van der Waals surface area contributed by atoms with Gasteiger partial charge in [0.2, 0.25) is 0 Å². The third kappa shape index (κ3) is 2.79. The number of aliphatic imine (C=N–C) groups is 1. The highest BCUT2D eigenvalue weighted by atomic mass is 15.4. The summed E-state index contributed by atoms with van der Waals surface area (Å²) in [7, 11) is 1.88. The molecule has 1 saturated heterocycles. The molecule has 1 fully saturated rings. The van der Waals surface area contributed by atoms with E-state index in [1.54, 1.807) is 0 Å². The molecular weight excluding hydrogens is 296 g/mol. The first-order valence-electron chi connectivity index (χ1n) is 8.90. The minimum absolute atomic E-state index is 0.145. The van der Waals surface area contributed by atoms with E-state index in [-0.39, 0.29) is 5.54 Å². The third-order valence-electron chi connectivity index (χ3n) is 5.93. The summed E-state index contributed by atoms with van der Waals surface area (Å²) < 4.78 is 0. The molecule has 0 unspecified atom stereocenters. The maximum absolute atomic E-state index is 4.48. The van der Waals surface area contributed by atoms with Crippen molar-refractivity contribution >= 4 is 16.9 Å². The fraction of sp³-hybridized carbons (Fsp3) is 0.550. The van der Waals surface area contributed by atoms with E-state index in [0.717, 1.165) is 31.9 Å². The highest BCUT2D eigenvalue weighted by Gasteiger charge is 2.53. The minimum atomic E-state index is 0.145. The Bertz CT molecular complexity index is 739. The van der Waals surface area contributed by atoms with Crippen LogP contribution in [0.3, 0.4) is 0 Å². The lowest BCUT2D eigenvalue weighted by atomic mass is 9.65. The first-order valence-corrected chi connectivity index (χ1v) is 8.90. The number of para-hydroxylation sites is 1. The van der Waals surface area contributed by atoms with Crippen molar-refractivity contribution in [1.29, 1.82) is 0 Å². The summed E-state index contributed by atoms with van der Waals surface area (Å²) in [6.07, 6.45) is 4.31. The Labute approximate surface area is 145 Å². The van der Waals surface area contributed by atoms with Crippen LogP contribution in [0.5, 0.6) is 0 Å². The van der Waals surface area contributed by atoms with E-state index in [4.69, 9.17) is 0 Å². The van der Waals surface area contributed by atoms with Gasteiger partial charge >= 0.3 is 0 Å². The van der Waals surface area contributed by atoms with E-state index < -0.39 is 0 Å². The van der Waals surface area contributed by atoms with Crippen molar-refractivity contribution in [3.63, 3.8) is 0 Å². The number of hydrogen-bond acceptors (Lipinski definition) is 1. The lowest BCUT2D eigenvalue weighted by molar-refractivity contribution is -0.0667. The van der Waals surface area contributed by atoms with E-state index >= 15 is 0 Å². The van der Waals surface area contributed by atoms with Gasteiger partial charge in [-0.1, -0.05) is 32.0 Å². The van der Waals surface area contributed by atoms with Gasteiger partial charge in [0.1, 0.15) is 0 Å². The van der Waals surface area contributed by atoms with Crippen molar-refractivity contribution in [2.45, 2.75) is 46.1 Å². The van der Waals surface area contributed by atoms with E-state index in [1.165, 1.54) is 16.5 Å². The van der Waals surface area contributed by atoms with Crippen molar-refractivity contribution in [1.82, 2.24) is 15.2 Å². The lowest BCUT2D eigenvalue weighted by Gasteiger charge is -2.62. The number of H-pyrrole nitrogens is 1. The summed E-state index contributed by atoms with van der Waals surface area (Å²) in [4.78, 5) is 10.2. The summed E-state index contributed by atoms with van der Waals surface area (Å²) in [5.41, 5.74) is 3.09. The average Bonchev–Trinajstić information content (AvgIpc) is 2.97. The zero-order chi connectivity index (χ0) is 17.4. The smallest absolute Gasteiger partial charge is 0.194 e. The van der Waals surface area contributed by atoms with Crippen LogP contribution in [0.25, 0.3) is 10.9 Å². The molecule has 1 aromatic carbocycles. The maximum Gasteiger partial charge on any atom is 0.194 e. The molecule has 1 aliphatic heterocycles. The SMILES string of the molecule is CN=C(NCCCc1c[nH]c2ccccc12)N1CC(C)(C)C1(C)C. The summed E-state index contributed by atoms with van der Waals surface area (Å²) in [6.45, 7) is 11.3. The number of aryl methyl sites for hydroxylation is 1. The van der Waals surface area contributed by atoms with Crippen LogP contribution in [0.1, 0.15) is 39.7 Å². The van der Waals surface area contributed by atoms with Gasteiger partial charge in [0.15, 0.2) is 5.96 Å². The number of likely N-dealkylation sites (tertiary alicyclic amines) is 1. The Hall–Kier alpha value is -1.97. The standard InChI is InChI=1S/C20H30N4/c1-19(2)14-24(20(19,3)4)18(21-5)22-12-8-9-15-13-23-17-11-7-6-10-16(15)17/h6-7,10-11,13,23H,8-9,12,14H2,1-5H3,(H,21,22). The van der Waals surface area contributed by atoms with E-state index in [0.29, 0.717) is 5.41 Å². The fourth-order valence-corrected chi connectivity index (χ4v) is 3.51. The molecule has 0 radical (unpaired) electrons. The topological polar surface area (TPSA) is 43.4 Å². The quantitative estimate of drug-likeness (QED) is 0.510. The second-order valence-electron chi connectivity index (χ2n) is 7.97. The molecule has 2 N–H and O–H groups in total. The zero-order valence-corrected chi connectivity index (χ0v) is 15.6. The van der Waals surface area contributed by atoms with Gasteiger partial charge in [0.05, 0.1) is 0 Å². The van der Waals surface area contributed by atoms with Gasteiger partial charge in [-0.15, -0.1) is 0 Å². The molecule has 0 saturated carbocycles. The number of guanidine groups is 1. The van der Waals surface area contributed by atoms with Crippen LogP contribution in [-0.2, 0) is 6.42 Å². The molecule has 3 rings (SSSR count). The fourth-order valence-electron chi connectivity index (χ4n) is 3.51. The Morgan fingerprint density at radius 1 is 1.25 bits per heavy atom. The van der Waals surface area contributed by atoms with Crippen LogP contribution >= 0.6 is 0 Å². The van der Waals surface area contributed by atoms with Crippen LogP contribution in [0.4, 0.5) is 0 Å². The first-order chi connectivity index (χ1) is 11.4. The Morgan fingerprint density at radius 2 is 2.00 bits per heavy atom. The van der Waals surface area contributed by atoms with Crippen LogP contribution < -0.4 is 5.32 Å². The number of aromatic amines is 1. The van der Waals surface area contributed by atoms with Crippen LogP contribution in [-0.4, -0.2) is 41.5 Å². The van der Waals surface area contributed by atoms with Crippen LogP contribution in [0.2, 0.25) is 0 Å². The molecule has 0 spiro atoms. The van der Waals surface area contributed by atoms with Crippen molar-refractivity contribution in [3.05, 3.63) is 36.0 Å². The molecule has 1 aliphatic rings. The molecule has 130 valence electrons. The number of aromatic nitrogens is 1. The molecule has 4 nitrogen and oxygen atoms in total. The van der Waals surface area contributed by atoms with E-state index in [9.17, 15) is 0 Å². The molecule has 2 heterocycles. The van der Waals surface area contributed by atoms with Gasteiger partial charge in [-0.2, -0.15) is 0 Å². The van der Waals surface area contributed by atoms with Gasteiger partial charge in [-0.25, -0.2) is 0 Å². The molecule has 0 amide bonds. The van der Waals surface area contributed by atoms with Gasteiger partial charge in [-0.3, -0.25) is 4.99 Å². The predicted molar refractivity (Wildman–Crippen MR) is 103 cm³/mol. The Kier molecular flexibility index (Phi) is 4.33. The van der Waals surface area contributed by atoms with E-state index in [1.807, 2.05) is 7.05 Å². The molecule has 0 atom stereocenters. The Morgan fingerprint density at radius 3 is 2.67 bits per heavy atom. The van der Waals surface area contributed by atoms with Crippen molar-refractivity contribution in [3.8, 4) is 0 Å². The number of nitrogens with one attached hydrogen (secondary N) is 2. The Balaban J connectivity index is 1.53. The molecule has 2 aromatic rings. The largest absolute Gasteiger partial charge is 0.361 e. The lowest BCUT2D eigenvalue weighted by Crippen LogP contribution is -2.72. The first kappa shape index (κ1) is 16.9. The molecule has 0 aliphatic carbocycles. The number of hydrogen-bond donors (Lipinski definition) is 2. The van der Waals surface area contributed by atoms with Crippen molar-refractivity contribution in [2.75, 3.05) is 20.1 Å². The number of fused-ring (bicyclic) bond motifs is 1. The van der Waals surface area contributed by atoms with Gasteiger partial charge in [0, 0.05) is 48.2 Å². The summed E-state index contributed by atoms with van der Waals surface area (Å²) in [5.74, 6) is 1.03. The number of rotatable bonds is 4.